The summed E-state index contributed by atoms with van der Waals surface area (Å²) in [6.45, 7) is 0.686. The molecule has 0 aliphatic carbocycles. The third-order valence-corrected chi connectivity index (χ3v) is 7.98. The first-order chi connectivity index (χ1) is 8.85. The van der Waals surface area contributed by atoms with E-state index in [0.717, 1.165) is 12.7 Å². The molecule has 2 aliphatic rings. The van der Waals surface area contributed by atoms with E-state index in [1.807, 2.05) is 0 Å². The molecule has 0 amide bonds. The van der Waals surface area contributed by atoms with Crippen LogP contribution in [0.3, 0.4) is 0 Å². The van der Waals surface area contributed by atoms with Crippen LogP contribution >= 0.6 is 0 Å². The number of rotatable bonds is 3. The highest BCUT2D eigenvalue weighted by Gasteiger charge is 2.38. The van der Waals surface area contributed by atoms with Crippen molar-refractivity contribution in [1.29, 1.82) is 0 Å². The highest BCUT2D eigenvalue weighted by atomic mass is 32.2. The fraction of sp³-hybridized carbons (Fsp3) is 0.909. The van der Waals surface area contributed by atoms with Crippen molar-refractivity contribution in [1.82, 2.24) is 4.31 Å². The van der Waals surface area contributed by atoms with Crippen LogP contribution in [0.2, 0.25) is 0 Å². The summed E-state index contributed by atoms with van der Waals surface area (Å²) in [5.74, 6) is -0.334. The Morgan fingerprint density at radius 3 is 2.32 bits per heavy atom. The lowest BCUT2D eigenvalue weighted by Gasteiger charge is -2.33. The molecule has 2 aliphatic heterocycles. The molecule has 0 bridgehead atoms. The maximum absolute atomic E-state index is 12.4. The number of nitrogens with zero attached hydrogens (tertiary/aromatic N) is 1. The topological polar surface area (TPSA) is 88.6 Å². The molecule has 2 saturated heterocycles. The minimum absolute atomic E-state index is 0.0537. The summed E-state index contributed by atoms with van der Waals surface area (Å²) < 4.78 is 48.9. The second-order valence-corrected chi connectivity index (χ2v) is 9.81. The Labute approximate surface area is 114 Å². The molecule has 0 aromatic carbocycles. The van der Waals surface area contributed by atoms with Crippen LogP contribution in [0.15, 0.2) is 0 Å². The van der Waals surface area contributed by atoms with Gasteiger partial charge in [-0.05, 0) is 25.7 Å². The van der Waals surface area contributed by atoms with Gasteiger partial charge in [0, 0.05) is 19.0 Å². The molecule has 0 aromatic heterocycles. The molecule has 19 heavy (non-hydrogen) atoms. The van der Waals surface area contributed by atoms with E-state index >= 15 is 0 Å². The first kappa shape index (κ1) is 14.9. The Morgan fingerprint density at radius 2 is 1.74 bits per heavy atom. The molecule has 2 heterocycles. The zero-order valence-corrected chi connectivity index (χ0v) is 12.3. The molecule has 0 saturated carbocycles. The van der Waals surface area contributed by atoms with Gasteiger partial charge in [-0.15, -0.1) is 0 Å². The molecule has 0 radical (unpaired) electrons. The summed E-state index contributed by atoms with van der Waals surface area (Å²) in [5, 5.41) is -0.610. The van der Waals surface area contributed by atoms with Gasteiger partial charge in [-0.3, -0.25) is 0 Å². The van der Waals surface area contributed by atoms with E-state index in [9.17, 15) is 21.6 Å². The van der Waals surface area contributed by atoms with Crippen LogP contribution in [0.1, 0.15) is 25.7 Å². The molecule has 0 spiro atoms. The van der Waals surface area contributed by atoms with Crippen molar-refractivity contribution in [3.8, 4) is 0 Å². The number of piperidine rings is 1. The fourth-order valence-electron chi connectivity index (χ4n) is 2.69. The maximum atomic E-state index is 12.4. The molecule has 2 fully saturated rings. The number of aldehydes is 1. The van der Waals surface area contributed by atoms with Crippen LogP contribution in [0.4, 0.5) is 0 Å². The number of hydrogen-bond donors (Lipinski definition) is 0. The highest BCUT2D eigenvalue weighted by molar-refractivity contribution is 7.92. The van der Waals surface area contributed by atoms with Crippen LogP contribution < -0.4 is 0 Å². The van der Waals surface area contributed by atoms with Gasteiger partial charge in [-0.25, -0.2) is 21.1 Å². The van der Waals surface area contributed by atoms with Crippen molar-refractivity contribution in [3.05, 3.63) is 0 Å². The third kappa shape index (κ3) is 3.35. The molecule has 0 N–H and O–H groups in total. The Balaban J connectivity index is 2.08. The Morgan fingerprint density at radius 1 is 1.11 bits per heavy atom. The van der Waals surface area contributed by atoms with Gasteiger partial charge in [0.2, 0.25) is 10.0 Å². The molecule has 110 valence electrons. The standard InChI is InChI=1S/C11H19NO5S2/c13-9-10-2-1-5-12(8-10)19(16,17)11-3-6-18(14,15)7-4-11/h9-11H,1-8H2. The molecule has 0 aromatic rings. The number of hydrogen-bond acceptors (Lipinski definition) is 5. The van der Waals surface area contributed by atoms with E-state index in [1.54, 1.807) is 0 Å². The first-order valence-electron chi connectivity index (χ1n) is 6.50. The third-order valence-electron chi connectivity index (χ3n) is 3.90. The van der Waals surface area contributed by atoms with Gasteiger partial charge in [-0.2, -0.15) is 0 Å². The van der Waals surface area contributed by atoms with Crippen LogP contribution in [0.25, 0.3) is 0 Å². The Hall–Kier alpha value is -0.470. The molecule has 8 heteroatoms. The summed E-state index contributed by atoms with van der Waals surface area (Å²) in [5.41, 5.74) is 0. The van der Waals surface area contributed by atoms with Crippen molar-refractivity contribution < 1.29 is 21.6 Å². The van der Waals surface area contributed by atoms with E-state index in [2.05, 4.69) is 0 Å². The first-order valence-corrected chi connectivity index (χ1v) is 9.82. The van der Waals surface area contributed by atoms with Gasteiger partial charge in [0.25, 0.3) is 0 Å². The largest absolute Gasteiger partial charge is 0.303 e. The minimum atomic E-state index is -3.47. The zero-order valence-electron chi connectivity index (χ0n) is 10.7. The summed E-state index contributed by atoms with van der Waals surface area (Å²) in [6, 6.07) is 0. The van der Waals surface area contributed by atoms with Crippen LogP contribution in [-0.4, -0.2) is 57.3 Å². The van der Waals surface area contributed by atoms with Crippen molar-refractivity contribution in [2.24, 2.45) is 5.92 Å². The number of sulfonamides is 1. The number of carbonyl (C=O) groups is 1. The highest BCUT2D eigenvalue weighted by Crippen LogP contribution is 2.26. The van der Waals surface area contributed by atoms with E-state index in [-0.39, 0.29) is 36.8 Å². The van der Waals surface area contributed by atoms with Crippen molar-refractivity contribution in [2.45, 2.75) is 30.9 Å². The van der Waals surface area contributed by atoms with Gasteiger partial charge in [0.1, 0.15) is 16.1 Å². The van der Waals surface area contributed by atoms with Gasteiger partial charge in [0.15, 0.2) is 0 Å². The molecule has 6 nitrogen and oxygen atoms in total. The summed E-state index contributed by atoms with van der Waals surface area (Å²) >= 11 is 0. The zero-order chi connectivity index (χ0) is 14.1. The molecule has 2 rings (SSSR count). The van der Waals surface area contributed by atoms with E-state index < -0.39 is 25.1 Å². The van der Waals surface area contributed by atoms with Gasteiger partial charge < -0.3 is 4.79 Å². The predicted octanol–water partition coefficient (Wildman–Crippen LogP) is -0.196. The Kier molecular flexibility index (Phi) is 4.32. The lowest BCUT2D eigenvalue weighted by molar-refractivity contribution is -0.112. The Bertz CT molecular complexity index is 525. The normalized spacial score (nSPS) is 30.0. The molecular formula is C11H19NO5S2. The van der Waals surface area contributed by atoms with Gasteiger partial charge in [0.05, 0.1) is 16.8 Å². The van der Waals surface area contributed by atoms with Crippen molar-refractivity contribution >= 4 is 26.1 Å². The second kappa shape index (κ2) is 5.49. The number of sulfone groups is 1. The van der Waals surface area contributed by atoms with Crippen LogP contribution in [0, 0.1) is 5.92 Å². The van der Waals surface area contributed by atoms with Crippen molar-refractivity contribution in [3.63, 3.8) is 0 Å². The second-order valence-electron chi connectivity index (χ2n) is 5.29. The lowest BCUT2D eigenvalue weighted by Crippen LogP contribution is -2.47. The predicted molar refractivity (Wildman–Crippen MR) is 71.0 cm³/mol. The molecular weight excluding hydrogens is 290 g/mol. The number of carbonyl (C=O) groups excluding carboxylic acids is 1. The summed E-state index contributed by atoms with van der Waals surface area (Å²) in [4.78, 5) is 10.8. The van der Waals surface area contributed by atoms with Crippen LogP contribution in [0.5, 0.6) is 0 Å². The maximum Gasteiger partial charge on any atom is 0.217 e. The van der Waals surface area contributed by atoms with E-state index in [4.69, 9.17) is 0 Å². The lowest BCUT2D eigenvalue weighted by atomic mass is 10.0. The molecule has 1 unspecified atom stereocenters. The fourth-order valence-corrected chi connectivity index (χ4v) is 6.52. The average molecular weight is 309 g/mol. The van der Waals surface area contributed by atoms with E-state index in [0.29, 0.717) is 13.0 Å². The average Bonchev–Trinajstić information content (AvgIpc) is 2.38. The van der Waals surface area contributed by atoms with E-state index in [1.165, 1.54) is 4.31 Å². The molecule has 1 atom stereocenters. The monoisotopic (exact) mass is 309 g/mol. The SMILES string of the molecule is O=CC1CCCN(S(=O)(=O)C2CCS(=O)(=O)CC2)C1. The van der Waals surface area contributed by atoms with Gasteiger partial charge >= 0.3 is 0 Å². The summed E-state index contributed by atoms with van der Waals surface area (Å²) in [7, 11) is -6.53. The smallest absolute Gasteiger partial charge is 0.217 e. The van der Waals surface area contributed by atoms with Crippen molar-refractivity contribution in [2.75, 3.05) is 24.6 Å². The van der Waals surface area contributed by atoms with Gasteiger partial charge in [-0.1, -0.05) is 0 Å². The van der Waals surface area contributed by atoms with Crippen LogP contribution in [-0.2, 0) is 24.7 Å². The summed E-state index contributed by atoms with van der Waals surface area (Å²) in [6.07, 6.45) is 2.58. The quantitative estimate of drug-likeness (QED) is 0.674. The minimum Gasteiger partial charge on any atom is -0.303 e.